The van der Waals surface area contributed by atoms with E-state index in [4.69, 9.17) is 5.26 Å². The molecule has 0 aliphatic carbocycles. The fourth-order valence-electron chi connectivity index (χ4n) is 1.30. The molecule has 0 heterocycles. The zero-order valence-electron chi connectivity index (χ0n) is 8.62. The lowest BCUT2D eigenvalue weighted by atomic mass is 10.2. The largest absolute Gasteiger partial charge is 0.372 e. The van der Waals surface area contributed by atoms with Gasteiger partial charge < -0.3 is 10.2 Å². The Labute approximate surface area is 85.0 Å². The average Bonchev–Trinajstić information content (AvgIpc) is 2.25. The minimum atomic E-state index is 0.728. The number of hydrogen-bond acceptors (Lipinski definition) is 3. The van der Waals surface area contributed by atoms with E-state index in [1.807, 2.05) is 38.4 Å². The van der Waals surface area contributed by atoms with Crippen molar-refractivity contribution in [1.29, 1.82) is 5.26 Å². The van der Waals surface area contributed by atoms with Crippen molar-refractivity contribution in [3.05, 3.63) is 29.8 Å². The van der Waals surface area contributed by atoms with Crippen LogP contribution in [0.15, 0.2) is 24.3 Å². The third kappa shape index (κ3) is 2.48. The van der Waals surface area contributed by atoms with Crippen LogP contribution in [-0.2, 0) is 0 Å². The molecule has 0 amide bonds. The standard InChI is InChI=1S/C11H15N3/c1-13-7-8-14(2)11-6-4-3-5-10(11)9-12/h3-6,13H,7-8H2,1-2H3. The van der Waals surface area contributed by atoms with E-state index in [0.29, 0.717) is 0 Å². The maximum atomic E-state index is 8.90. The predicted molar refractivity (Wildman–Crippen MR) is 58.4 cm³/mol. The van der Waals surface area contributed by atoms with E-state index in [-0.39, 0.29) is 0 Å². The van der Waals surface area contributed by atoms with Crippen molar-refractivity contribution in [3.63, 3.8) is 0 Å². The summed E-state index contributed by atoms with van der Waals surface area (Å²) in [5, 5.41) is 12.0. The van der Waals surface area contributed by atoms with Crippen molar-refractivity contribution in [3.8, 4) is 6.07 Å². The first-order valence-electron chi connectivity index (χ1n) is 4.64. The summed E-state index contributed by atoms with van der Waals surface area (Å²) in [4.78, 5) is 2.08. The fraction of sp³-hybridized carbons (Fsp3) is 0.364. The van der Waals surface area contributed by atoms with Crippen molar-refractivity contribution >= 4 is 5.69 Å². The summed E-state index contributed by atoms with van der Waals surface area (Å²) in [5.41, 5.74) is 1.72. The third-order valence-electron chi connectivity index (χ3n) is 2.13. The molecular formula is C11H15N3. The highest BCUT2D eigenvalue weighted by Gasteiger charge is 2.04. The van der Waals surface area contributed by atoms with Gasteiger partial charge >= 0.3 is 0 Å². The molecule has 1 aromatic rings. The van der Waals surface area contributed by atoms with Gasteiger partial charge in [0.25, 0.3) is 0 Å². The molecule has 74 valence electrons. The van der Waals surface area contributed by atoms with E-state index in [1.165, 1.54) is 0 Å². The van der Waals surface area contributed by atoms with Crippen LogP contribution in [0.3, 0.4) is 0 Å². The van der Waals surface area contributed by atoms with Gasteiger partial charge in [-0.3, -0.25) is 0 Å². The second kappa shape index (κ2) is 5.25. The molecule has 0 aliphatic heterocycles. The normalized spacial score (nSPS) is 9.50. The number of likely N-dealkylation sites (N-methyl/N-ethyl adjacent to an activating group) is 2. The average molecular weight is 189 g/mol. The summed E-state index contributed by atoms with van der Waals surface area (Å²) < 4.78 is 0. The molecule has 0 aromatic heterocycles. The van der Waals surface area contributed by atoms with Gasteiger partial charge in [0, 0.05) is 20.1 Å². The Kier molecular flexibility index (Phi) is 3.96. The van der Waals surface area contributed by atoms with Gasteiger partial charge in [-0.15, -0.1) is 0 Å². The lowest BCUT2D eigenvalue weighted by molar-refractivity contribution is 0.767. The zero-order valence-corrected chi connectivity index (χ0v) is 8.62. The van der Waals surface area contributed by atoms with Crippen LogP contribution in [0.5, 0.6) is 0 Å². The van der Waals surface area contributed by atoms with Crippen LogP contribution in [0.2, 0.25) is 0 Å². The van der Waals surface area contributed by atoms with Crippen LogP contribution in [0.25, 0.3) is 0 Å². The Morgan fingerprint density at radius 3 is 2.79 bits per heavy atom. The van der Waals surface area contributed by atoms with Gasteiger partial charge in [-0.25, -0.2) is 0 Å². The minimum Gasteiger partial charge on any atom is -0.372 e. The Morgan fingerprint density at radius 1 is 1.43 bits per heavy atom. The Hall–Kier alpha value is -1.53. The first kappa shape index (κ1) is 10.6. The number of hydrogen-bond donors (Lipinski definition) is 1. The van der Waals surface area contributed by atoms with Crippen LogP contribution in [0.1, 0.15) is 5.56 Å². The summed E-state index contributed by atoms with van der Waals surface area (Å²) in [6, 6.07) is 9.83. The molecule has 0 fully saturated rings. The lowest BCUT2D eigenvalue weighted by Gasteiger charge is -2.19. The predicted octanol–water partition coefficient (Wildman–Crippen LogP) is 1.21. The second-order valence-electron chi connectivity index (χ2n) is 3.15. The van der Waals surface area contributed by atoms with Crippen LogP contribution in [0, 0.1) is 11.3 Å². The molecule has 0 saturated heterocycles. The van der Waals surface area contributed by atoms with Crippen molar-refractivity contribution in [2.45, 2.75) is 0 Å². The number of benzene rings is 1. The zero-order chi connectivity index (χ0) is 10.4. The first-order chi connectivity index (χ1) is 6.79. The third-order valence-corrected chi connectivity index (χ3v) is 2.13. The van der Waals surface area contributed by atoms with Crippen molar-refractivity contribution in [2.75, 3.05) is 32.1 Å². The number of anilines is 1. The molecule has 3 heteroatoms. The molecule has 1 rings (SSSR count). The van der Waals surface area contributed by atoms with Gasteiger partial charge in [0.1, 0.15) is 6.07 Å². The molecule has 0 spiro atoms. The van der Waals surface area contributed by atoms with Crippen molar-refractivity contribution < 1.29 is 0 Å². The number of para-hydroxylation sites is 1. The molecule has 0 radical (unpaired) electrons. The summed E-state index contributed by atoms with van der Waals surface area (Å²) in [6.07, 6.45) is 0. The number of nitrogens with one attached hydrogen (secondary N) is 1. The second-order valence-corrected chi connectivity index (χ2v) is 3.15. The van der Waals surface area contributed by atoms with E-state index in [9.17, 15) is 0 Å². The molecule has 0 saturated carbocycles. The van der Waals surface area contributed by atoms with E-state index < -0.39 is 0 Å². The van der Waals surface area contributed by atoms with Crippen LogP contribution < -0.4 is 10.2 Å². The van der Waals surface area contributed by atoms with Gasteiger partial charge in [-0.2, -0.15) is 5.26 Å². The lowest BCUT2D eigenvalue weighted by Crippen LogP contribution is -2.27. The number of nitrogens with zero attached hydrogens (tertiary/aromatic N) is 2. The summed E-state index contributed by atoms with van der Waals surface area (Å²) >= 11 is 0. The molecule has 1 aromatic carbocycles. The van der Waals surface area contributed by atoms with Gasteiger partial charge in [-0.1, -0.05) is 12.1 Å². The minimum absolute atomic E-state index is 0.728. The monoisotopic (exact) mass is 189 g/mol. The van der Waals surface area contributed by atoms with Gasteiger partial charge in [-0.05, 0) is 19.2 Å². The summed E-state index contributed by atoms with van der Waals surface area (Å²) in [5.74, 6) is 0. The molecule has 0 unspecified atom stereocenters. The van der Waals surface area contributed by atoms with Gasteiger partial charge in [0.15, 0.2) is 0 Å². The quantitative estimate of drug-likeness (QED) is 0.774. The van der Waals surface area contributed by atoms with Crippen molar-refractivity contribution in [2.24, 2.45) is 0 Å². The van der Waals surface area contributed by atoms with Crippen LogP contribution in [-0.4, -0.2) is 27.2 Å². The SMILES string of the molecule is CNCCN(C)c1ccccc1C#N. The van der Waals surface area contributed by atoms with Crippen LogP contribution >= 0.6 is 0 Å². The summed E-state index contributed by atoms with van der Waals surface area (Å²) in [6.45, 7) is 1.81. The molecule has 3 nitrogen and oxygen atoms in total. The Balaban J connectivity index is 2.79. The van der Waals surface area contributed by atoms with Gasteiger partial charge in [0.05, 0.1) is 11.3 Å². The summed E-state index contributed by atoms with van der Waals surface area (Å²) in [7, 11) is 3.91. The highest BCUT2D eigenvalue weighted by atomic mass is 15.1. The number of rotatable bonds is 4. The smallest absolute Gasteiger partial charge is 0.101 e. The van der Waals surface area contributed by atoms with Crippen LogP contribution in [0.4, 0.5) is 5.69 Å². The Bertz CT molecular complexity index is 328. The topological polar surface area (TPSA) is 39.1 Å². The fourth-order valence-corrected chi connectivity index (χ4v) is 1.30. The van der Waals surface area contributed by atoms with E-state index in [0.717, 1.165) is 24.3 Å². The van der Waals surface area contributed by atoms with Crippen molar-refractivity contribution in [1.82, 2.24) is 5.32 Å². The van der Waals surface area contributed by atoms with E-state index >= 15 is 0 Å². The molecule has 0 atom stereocenters. The number of nitriles is 1. The maximum absolute atomic E-state index is 8.90. The van der Waals surface area contributed by atoms with E-state index in [2.05, 4.69) is 16.3 Å². The molecule has 0 aliphatic rings. The molecular weight excluding hydrogens is 174 g/mol. The molecule has 14 heavy (non-hydrogen) atoms. The maximum Gasteiger partial charge on any atom is 0.101 e. The van der Waals surface area contributed by atoms with Gasteiger partial charge in [0.2, 0.25) is 0 Å². The Morgan fingerprint density at radius 2 is 2.14 bits per heavy atom. The van der Waals surface area contributed by atoms with E-state index in [1.54, 1.807) is 0 Å². The first-order valence-corrected chi connectivity index (χ1v) is 4.64. The molecule has 1 N–H and O–H groups in total. The highest BCUT2D eigenvalue weighted by Crippen LogP contribution is 2.17. The highest BCUT2D eigenvalue weighted by molar-refractivity contribution is 5.58. The molecule has 0 bridgehead atoms.